The fraction of sp³-hybridized carbons (Fsp3) is 0.571. The second-order valence-electron chi connectivity index (χ2n) is 5.08. The molecule has 1 aromatic carbocycles. The van der Waals surface area contributed by atoms with E-state index in [9.17, 15) is 5.11 Å². The standard InChI is InChI=1S/C14H22O/c1-10(2)12-6-8-13(9-7-12)14(5,15)11(3)4/h6-11,15H,1-5H3/t14-/m1/s1. The van der Waals surface area contributed by atoms with Crippen molar-refractivity contribution in [2.24, 2.45) is 5.92 Å². The van der Waals surface area contributed by atoms with Gasteiger partial charge in [0.2, 0.25) is 0 Å². The molecular formula is C14H22O. The van der Waals surface area contributed by atoms with Crippen molar-refractivity contribution in [2.45, 2.75) is 46.1 Å². The minimum absolute atomic E-state index is 0.224. The molecule has 0 aliphatic heterocycles. The molecule has 0 aliphatic carbocycles. The topological polar surface area (TPSA) is 20.2 Å². The lowest BCUT2D eigenvalue weighted by Gasteiger charge is -2.28. The lowest BCUT2D eigenvalue weighted by Crippen LogP contribution is -2.27. The van der Waals surface area contributed by atoms with Gasteiger partial charge in [-0.3, -0.25) is 0 Å². The molecule has 0 heterocycles. The number of benzene rings is 1. The van der Waals surface area contributed by atoms with Crippen LogP contribution in [0.15, 0.2) is 24.3 Å². The molecule has 0 unspecified atom stereocenters. The van der Waals surface area contributed by atoms with Crippen LogP contribution in [0.5, 0.6) is 0 Å². The van der Waals surface area contributed by atoms with E-state index in [-0.39, 0.29) is 5.92 Å². The molecule has 1 N–H and O–H groups in total. The normalized spacial score (nSPS) is 15.7. The van der Waals surface area contributed by atoms with E-state index < -0.39 is 5.60 Å². The van der Waals surface area contributed by atoms with Gasteiger partial charge in [-0.2, -0.15) is 0 Å². The van der Waals surface area contributed by atoms with Crippen LogP contribution in [0.4, 0.5) is 0 Å². The summed E-state index contributed by atoms with van der Waals surface area (Å²) in [6.07, 6.45) is 0. The Labute approximate surface area is 93.1 Å². The van der Waals surface area contributed by atoms with E-state index in [1.54, 1.807) is 0 Å². The first-order valence-corrected chi connectivity index (χ1v) is 5.68. The van der Waals surface area contributed by atoms with Gasteiger partial charge in [0, 0.05) is 0 Å². The van der Waals surface area contributed by atoms with Gasteiger partial charge >= 0.3 is 0 Å². The molecule has 0 radical (unpaired) electrons. The summed E-state index contributed by atoms with van der Waals surface area (Å²) in [5.41, 5.74) is 1.59. The van der Waals surface area contributed by atoms with Crippen molar-refractivity contribution in [1.82, 2.24) is 0 Å². The summed E-state index contributed by atoms with van der Waals surface area (Å²) in [6.45, 7) is 10.3. The van der Waals surface area contributed by atoms with Crippen molar-refractivity contribution < 1.29 is 5.11 Å². The Morgan fingerprint density at radius 3 is 1.80 bits per heavy atom. The van der Waals surface area contributed by atoms with Crippen molar-refractivity contribution in [3.05, 3.63) is 35.4 Å². The highest BCUT2D eigenvalue weighted by molar-refractivity contribution is 5.28. The molecule has 0 spiro atoms. The SMILES string of the molecule is CC(C)c1ccc([C@](C)(O)C(C)C)cc1. The van der Waals surface area contributed by atoms with E-state index >= 15 is 0 Å². The largest absolute Gasteiger partial charge is 0.385 e. The van der Waals surface area contributed by atoms with Gasteiger partial charge < -0.3 is 5.11 Å². The van der Waals surface area contributed by atoms with E-state index in [0.717, 1.165) is 5.56 Å². The Morgan fingerprint density at radius 1 is 1.00 bits per heavy atom. The zero-order valence-corrected chi connectivity index (χ0v) is 10.4. The van der Waals surface area contributed by atoms with Crippen LogP contribution < -0.4 is 0 Å². The first-order valence-electron chi connectivity index (χ1n) is 5.68. The Hall–Kier alpha value is -0.820. The van der Waals surface area contributed by atoms with Crippen molar-refractivity contribution in [1.29, 1.82) is 0 Å². The Balaban J connectivity index is 2.98. The lowest BCUT2D eigenvalue weighted by molar-refractivity contribution is 0.00903. The van der Waals surface area contributed by atoms with E-state index in [1.807, 2.05) is 32.9 Å². The average Bonchev–Trinajstić information content (AvgIpc) is 2.17. The van der Waals surface area contributed by atoms with Gasteiger partial charge in [0.1, 0.15) is 0 Å². The van der Waals surface area contributed by atoms with Crippen molar-refractivity contribution in [3.63, 3.8) is 0 Å². The summed E-state index contributed by atoms with van der Waals surface area (Å²) in [7, 11) is 0. The minimum atomic E-state index is -0.727. The second kappa shape index (κ2) is 4.36. The fourth-order valence-corrected chi connectivity index (χ4v) is 1.54. The predicted octanol–water partition coefficient (Wildman–Crippen LogP) is 3.67. The smallest absolute Gasteiger partial charge is 0.0891 e. The van der Waals surface area contributed by atoms with Gasteiger partial charge in [0.15, 0.2) is 0 Å². The molecular weight excluding hydrogens is 184 g/mol. The summed E-state index contributed by atoms with van der Waals surface area (Å²) < 4.78 is 0. The molecule has 1 nitrogen and oxygen atoms in total. The van der Waals surface area contributed by atoms with E-state index in [1.165, 1.54) is 5.56 Å². The molecule has 1 atom stereocenters. The highest BCUT2D eigenvalue weighted by Gasteiger charge is 2.26. The highest BCUT2D eigenvalue weighted by atomic mass is 16.3. The molecule has 0 saturated heterocycles. The van der Waals surface area contributed by atoms with Crippen LogP contribution in [0.2, 0.25) is 0 Å². The maximum absolute atomic E-state index is 10.3. The third kappa shape index (κ3) is 2.60. The quantitative estimate of drug-likeness (QED) is 0.800. The van der Waals surface area contributed by atoms with Crippen LogP contribution in [0.1, 0.15) is 51.7 Å². The van der Waals surface area contributed by atoms with Crippen LogP contribution in [0.3, 0.4) is 0 Å². The van der Waals surface area contributed by atoms with Gasteiger partial charge in [-0.05, 0) is 29.9 Å². The lowest BCUT2D eigenvalue weighted by atomic mass is 9.84. The minimum Gasteiger partial charge on any atom is -0.385 e. The molecule has 0 aromatic heterocycles. The monoisotopic (exact) mass is 206 g/mol. The molecule has 1 rings (SSSR count). The summed E-state index contributed by atoms with van der Waals surface area (Å²) in [5, 5.41) is 10.3. The molecule has 15 heavy (non-hydrogen) atoms. The summed E-state index contributed by atoms with van der Waals surface area (Å²) in [5.74, 6) is 0.769. The third-order valence-corrected chi connectivity index (χ3v) is 3.29. The molecule has 1 aromatic rings. The zero-order valence-electron chi connectivity index (χ0n) is 10.4. The van der Waals surface area contributed by atoms with Gasteiger partial charge in [-0.25, -0.2) is 0 Å². The first kappa shape index (κ1) is 12.3. The van der Waals surface area contributed by atoms with E-state index in [4.69, 9.17) is 0 Å². The predicted molar refractivity (Wildman–Crippen MR) is 64.9 cm³/mol. The zero-order chi connectivity index (χ0) is 11.6. The van der Waals surface area contributed by atoms with Crippen LogP contribution in [-0.2, 0) is 5.60 Å². The highest BCUT2D eigenvalue weighted by Crippen LogP contribution is 2.29. The van der Waals surface area contributed by atoms with Crippen molar-refractivity contribution in [3.8, 4) is 0 Å². The fourth-order valence-electron chi connectivity index (χ4n) is 1.54. The first-order chi connectivity index (χ1) is 6.85. The van der Waals surface area contributed by atoms with Gasteiger partial charge in [0.25, 0.3) is 0 Å². The molecule has 84 valence electrons. The maximum atomic E-state index is 10.3. The molecule has 0 bridgehead atoms. The molecule has 0 saturated carbocycles. The summed E-state index contributed by atoms with van der Waals surface area (Å²) in [4.78, 5) is 0. The number of hydrogen-bond acceptors (Lipinski definition) is 1. The molecule has 0 fully saturated rings. The number of rotatable bonds is 3. The van der Waals surface area contributed by atoms with Crippen molar-refractivity contribution in [2.75, 3.05) is 0 Å². The number of aliphatic hydroxyl groups is 1. The van der Waals surface area contributed by atoms with Gasteiger partial charge in [0.05, 0.1) is 5.60 Å². The molecule has 1 heteroatoms. The van der Waals surface area contributed by atoms with Crippen LogP contribution in [0, 0.1) is 5.92 Å². The Morgan fingerprint density at radius 2 is 1.47 bits per heavy atom. The second-order valence-corrected chi connectivity index (χ2v) is 5.08. The third-order valence-electron chi connectivity index (χ3n) is 3.29. The van der Waals surface area contributed by atoms with Crippen LogP contribution in [-0.4, -0.2) is 5.11 Å². The number of hydrogen-bond donors (Lipinski definition) is 1. The Kier molecular flexibility index (Phi) is 3.56. The molecule has 0 aliphatic rings. The van der Waals surface area contributed by atoms with Gasteiger partial charge in [-0.15, -0.1) is 0 Å². The van der Waals surface area contributed by atoms with Gasteiger partial charge in [-0.1, -0.05) is 52.0 Å². The molecule has 0 amide bonds. The maximum Gasteiger partial charge on any atom is 0.0891 e. The van der Waals surface area contributed by atoms with Crippen LogP contribution in [0.25, 0.3) is 0 Å². The van der Waals surface area contributed by atoms with Crippen LogP contribution >= 0.6 is 0 Å². The van der Waals surface area contributed by atoms with Crippen molar-refractivity contribution >= 4 is 0 Å². The average molecular weight is 206 g/mol. The van der Waals surface area contributed by atoms with E-state index in [0.29, 0.717) is 5.92 Å². The Bertz CT molecular complexity index is 307. The summed E-state index contributed by atoms with van der Waals surface area (Å²) in [6, 6.07) is 8.29. The van der Waals surface area contributed by atoms with E-state index in [2.05, 4.69) is 26.0 Å². The summed E-state index contributed by atoms with van der Waals surface area (Å²) >= 11 is 0.